The molecule has 0 aromatic heterocycles. The largest absolute Gasteiger partial charge is 0.466 e. The van der Waals surface area contributed by atoms with Crippen LogP contribution in [0.5, 0.6) is 0 Å². The number of esters is 1. The minimum Gasteiger partial charge on any atom is -0.466 e. The molecule has 1 atom stereocenters. The Balaban J connectivity index is 2.13. The molecule has 2 nitrogen and oxygen atoms in total. The second kappa shape index (κ2) is 4.65. The fourth-order valence-electron chi connectivity index (χ4n) is 2.52. The maximum Gasteiger partial charge on any atom is 0.313 e. The number of allylic oxidation sites excluding steroid dienone is 3. The molecule has 0 aliphatic heterocycles. The molecule has 0 saturated heterocycles. The van der Waals surface area contributed by atoms with E-state index in [0.29, 0.717) is 6.61 Å². The Morgan fingerprint density at radius 3 is 3.20 bits per heavy atom. The Hall–Kier alpha value is -1.05. The summed E-state index contributed by atoms with van der Waals surface area (Å²) in [6, 6.07) is 0. The van der Waals surface area contributed by atoms with Crippen LogP contribution in [0.25, 0.3) is 0 Å². The highest BCUT2D eigenvalue weighted by Crippen LogP contribution is 2.38. The molecule has 0 fully saturated rings. The van der Waals surface area contributed by atoms with Crippen molar-refractivity contribution < 1.29 is 9.53 Å². The lowest BCUT2D eigenvalue weighted by Gasteiger charge is -2.13. The van der Waals surface area contributed by atoms with Crippen LogP contribution >= 0.6 is 0 Å². The monoisotopic (exact) mass is 206 g/mol. The molecule has 0 radical (unpaired) electrons. The van der Waals surface area contributed by atoms with E-state index in [2.05, 4.69) is 12.2 Å². The fraction of sp³-hybridized carbons (Fsp3) is 0.615. The molecule has 2 aliphatic carbocycles. The van der Waals surface area contributed by atoms with Crippen LogP contribution in [0.4, 0.5) is 0 Å². The molecule has 1 unspecified atom stereocenters. The van der Waals surface area contributed by atoms with Gasteiger partial charge in [-0.2, -0.15) is 0 Å². The van der Waals surface area contributed by atoms with Crippen molar-refractivity contribution in [1.29, 1.82) is 0 Å². The van der Waals surface area contributed by atoms with Crippen molar-refractivity contribution in [3.05, 3.63) is 23.3 Å². The van der Waals surface area contributed by atoms with Gasteiger partial charge in [-0.25, -0.2) is 0 Å². The number of carbonyl (C=O) groups is 1. The van der Waals surface area contributed by atoms with Crippen LogP contribution in [0.3, 0.4) is 0 Å². The molecule has 0 saturated carbocycles. The van der Waals surface area contributed by atoms with Crippen LogP contribution in [0, 0.1) is 5.92 Å². The van der Waals surface area contributed by atoms with Crippen LogP contribution < -0.4 is 0 Å². The molecule has 0 bridgehead atoms. The van der Waals surface area contributed by atoms with E-state index >= 15 is 0 Å². The van der Waals surface area contributed by atoms with Gasteiger partial charge >= 0.3 is 5.97 Å². The van der Waals surface area contributed by atoms with Crippen LogP contribution in [-0.2, 0) is 9.53 Å². The standard InChI is InChI=1S/C13H18O2/c1-2-15-13(14)12-9-8-10-6-4-3-5-7-11(10)12/h4,6,12H,2-3,5,7-9H2,1H3. The van der Waals surface area contributed by atoms with Crippen molar-refractivity contribution in [1.82, 2.24) is 0 Å². The summed E-state index contributed by atoms with van der Waals surface area (Å²) in [4.78, 5) is 11.7. The zero-order valence-corrected chi connectivity index (χ0v) is 9.29. The maximum absolute atomic E-state index is 11.7. The van der Waals surface area contributed by atoms with Crippen molar-refractivity contribution >= 4 is 5.97 Å². The van der Waals surface area contributed by atoms with Gasteiger partial charge in [0.2, 0.25) is 0 Å². The molecule has 0 N–H and O–H groups in total. The second-order valence-electron chi connectivity index (χ2n) is 4.19. The average molecular weight is 206 g/mol. The molecule has 0 aromatic rings. The summed E-state index contributed by atoms with van der Waals surface area (Å²) >= 11 is 0. The van der Waals surface area contributed by atoms with Gasteiger partial charge in [0.25, 0.3) is 0 Å². The number of ether oxygens (including phenoxy) is 1. The normalized spacial score (nSPS) is 25.0. The molecule has 82 valence electrons. The average Bonchev–Trinajstić information content (AvgIpc) is 2.48. The first kappa shape index (κ1) is 10.5. The van der Waals surface area contributed by atoms with E-state index in [1.807, 2.05) is 6.92 Å². The van der Waals surface area contributed by atoms with E-state index in [1.165, 1.54) is 17.6 Å². The van der Waals surface area contributed by atoms with Gasteiger partial charge in [0.05, 0.1) is 12.5 Å². The second-order valence-corrected chi connectivity index (χ2v) is 4.19. The summed E-state index contributed by atoms with van der Waals surface area (Å²) in [5.74, 6) is 0.0421. The van der Waals surface area contributed by atoms with Crippen molar-refractivity contribution in [2.45, 2.75) is 39.0 Å². The van der Waals surface area contributed by atoms with Gasteiger partial charge in [-0.05, 0) is 44.6 Å². The molecule has 0 amide bonds. The molecule has 15 heavy (non-hydrogen) atoms. The van der Waals surface area contributed by atoms with Gasteiger partial charge < -0.3 is 4.74 Å². The summed E-state index contributed by atoms with van der Waals surface area (Å²) in [6.07, 6.45) is 9.83. The van der Waals surface area contributed by atoms with E-state index in [1.54, 1.807) is 0 Å². The van der Waals surface area contributed by atoms with Gasteiger partial charge in [-0.15, -0.1) is 0 Å². The molecular formula is C13H18O2. The van der Waals surface area contributed by atoms with Crippen molar-refractivity contribution in [3.8, 4) is 0 Å². The van der Waals surface area contributed by atoms with Gasteiger partial charge in [-0.1, -0.05) is 17.7 Å². The summed E-state index contributed by atoms with van der Waals surface area (Å²) in [5, 5.41) is 0. The predicted molar refractivity (Wildman–Crippen MR) is 59.4 cm³/mol. The Bertz CT molecular complexity index is 312. The zero-order valence-electron chi connectivity index (χ0n) is 9.29. The number of rotatable bonds is 2. The number of hydrogen-bond acceptors (Lipinski definition) is 2. The Kier molecular flexibility index (Phi) is 3.24. The minimum atomic E-state index is -0.0159. The van der Waals surface area contributed by atoms with Crippen molar-refractivity contribution in [2.75, 3.05) is 6.61 Å². The Morgan fingerprint density at radius 2 is 2.40 bits per heavy atom. The number of carbonyl (C=O) groups excluding carboxylic acids is 1. The highest BCUT2D eigenvalue weighted by atomic mass is 16.5. The van der Waals surface area contributed by atoms with Crippen molar-refractivity contribution in [2.24, 2.45) is 5.92 Å². The SMILES string of the molecule is CCOC(=O)C1CCC2=C1CCCC=C2. The minimum absolute atomic E-state index is 0.0159. The lowest BCUT2D eigenvalue weighted by atomic mass is 9.97. The fourth-order valence-corrected chi connectivity index (χ4v) is 2.52. The van der Waals surface area contributed by atoms with Gasteiger partial charge in [0.1, 0.15) is 0 Å². The molecule has 0 heterocycles. The van der Waals surface area contributed by atoms with E-state index in [0.717, 1.165) is 25.7 Å². The van der Waals surface area contributed by atoms with Crippen LogP contribution in [0.15, 0.2) is 23.3 Å². The van der Waals surface area contributed by atoms with E-state index < -0.39 is 0 Å². The highest BCUT2D eigenvalue weighted by Gasteiger charge is 2.31. The third kappa shape index (κ3) is 2.14. The zero-order chi connectivity index (χ0) is 10.7. The van der Waals surface area contributed by atoms with E-state index in [4.69, 9.17) is 4.74 Å². The molecule has 0 spiro atoms. The summed E-state index contributed by atoms with van der Waals surface area (Å²) in [5.41, 5.74) is 2.74. The summed E-state index contributed by atoms with van der Waals surface area (Å²) in [6.45, 7) is 2.36. The van der Waals surface area contributed by atoms with Gasteiger partial charge in [-0.3, -0.25) is 4.79 Å². The molecule has 2 heteroatoms. The Labute approximate surface area is 91.0 Å². The first-order chi connectivity index (χ1) is 7.33. The topological polar surface area (TPSA) is 26.3 Å². The molecule has 2 rings (SSSR count). The quantitative estimate of drug-likeness (QED) is 0.649. The smallest absolute Gasteiger partial charge is 0.313 e. The first-order valence-electron chi connectivity index (χ1n) is 5.88. The molecule has 2 aliphatic rings. The van der Waals surface area contributed by atoms with Crippen LogP contribution in [0.1, 0.15) is 39.0 Å². The third-order valence-corrected chi connectivity index (χ3v) is 3.24. The molecular weight excluding hydrogens is 188 g/mol. The van der Waals surface area contributed by atoms with Crippen LogP contribution in [0.2, 0.25) is 0 Å². The maximum atomic E-state index is 11.7. The predicted octanol–water partition coefficient (Wildman–Crippen LogP) is 3.00. The first-order valence-corrected chi connectivity index (χ1v) is 5.88. The lowest BCUT2D eigenvalue weighted by molar-refractivity contribution is -0.146. The highest BCUT2D eigenvalue weighted by molar-refractivity contribution is 5.77. The van der Waals surface area contributed by atoms with E-state index in [9.17, 15) is 4.79 Å². The summed E-state index contributed by atoms with van der Waals surface area (Å²) < 4.78 is 5.12. The van der Waals surface area contributed by atoms with Crippen LogP contribution in [-0.4, -0.2) is 12.6 Å². The van der Waals surface area contributed by atoms with Crippen molar-refractivity contribution in [3.63, 3.8) is 0 Å². The van der Waals surface area contributed by atoms with Gasteiger partial charge in [0.15, 0.2) is 0 Å². The lowest BCUT2D eigenvalue weighted by Crippen LogP contribution is -2.17. The van der Waals surface area contributed by atoms with E-state index in [-0.39, 0.29) is 11.9 Å². The number of hydrogen-bond donors (Lipinski definition) is 0. The van der Waals surface area contributed by atoms with Gasteiger partial charge in [0, 0.05) is 0 Å². The summed E-state index contributed by atoms with van der Waals surface area (Å²) in [7, 11) is 0. The molecule has 0 aromatic carbocycles. The Morgan fingerprint density at radius 1 is 1.53 bits per heavy atom. The third-order valence-electron chi connectivity index (χ3n) is 3.24.